The maximum atomic E-state index is 4.88. The number of nitrogens with one attached hydrogen (secondary N) is 1. The summed E-state index contributed by atoms with van der Waals surface area (Å²) in [5, 5.41) is 3.60. The van der Waals surface area contributed by atoms with Crippen molar-refractivity contribution in [1.82, 2.24) is 9.38 Å². The van der Waals surface area contributed by atoms with Crippen LogP contribution in [0.5, 0.6) is 0 Å². The van der Waals surface area contributed by atoms with Crippen molar-refractivity contribution in [3.63, 3.8) is 0 Å². The summed E-state index contributed by atoms with van der Waals surface area (Å²) in [5.41, 5.74) is 6.78. The van der Waals surface area contributed by atoms with Crippen LogP contribution in [-0.4, -0.2) is 9.38 Å². The average molecular weight is 327 g/mol. The Morgan fingerprint density at radius 3 is 2.52 bits per heavy atom. The molecule has 0 saturated carbocycles. The van der Waals surface area contributed by atoms with Crippen LogP contribution in [0.25, 0.3) is 16.9 Å². The van der Waals surface area contributed by atoms with Gasteiger partial charge in [-0.05, 0) is 37.1 Å². The lowest BCUT2D eigenvalue weighted by molar-refractivity contribution is 1.08. The third kappa shape index (κ3) is 3.13. The van der Waals surface area contributed by atoms with E-state index in [9.17, 15) is 0 Å². The molecule has 124 valence electrons. The van der Waals surface area contributed by atoms with Crippen molar-refractivity contribution >= 4 is 11.5 Å². The van der Waals surface area contributed by atoms with Gasteiger partial charge in [-0.25, -0.2) is 4.98 Å². The molecule has 2 heterocycles. The van der Waals surface area contributed by atoms with E-state index in [-0.39, 0.29) is 0 Å². The number of aromatic nitrogens is 2. The first-order valence-electron chi connectivity index (χ1n) is 8.54. The third-order valence-corrected chi connectivity index (χ3v) is 4.36. The molecule has 0 amide bonds. The van der Waals surface area contributed by atoms with Gasteiger partial charge in [-0.1, -0.05) is 60.2 Å². The highest BCUT2D eigenvalue weighted by molar-refractivity contribution is 5.77. The highest BCUT2D eigenvalue weighted by Gasteiger charge is 2.14. The number of benzene rings is 2. The van der Waals surface area contributed by atoms with Crippen molar-refractivity contribution in [2.75, 3.05) is 5.32 Å². The molecule has 25 heavy (non-hydrogen) atoms. The van der Waals surface area contributed by atoms with Gasteiger partial charge >= 0.3 is 0 Å². The van der Waals surface area contributed by atoms with Gasteiger partial charge in [0.1, 0.15) is 17.2 Å². The molecule has 0 atom stereocenters. The summed E-state index contributed by atoms with van der Waals surface area (Å²) in [6.45, 7) is 4.98. The molecule has 0 spiro atoms. The van der Waals surface area contributed by atoms with Crippen LogP contribution < -0.4 is 5.32 Å². The molecular formula is C22H21N3. The van der Waals surface area contributed by atoms with Crippen molar-refractivity contribution in [2.24, 2.45) is 0 Å². The summed E-state index contributed by atoms with van der Waals surface area (Å²) in [7, 11) is 0. The lowest BCUT2D eigenvalue weighted by Crippen LogP contribution is -2.03. The molecule has 0 aliphatic rings. The van der Waals surface area contributed by atoms with Crippen molar-refractivity contribution in [3.8, 4) is 11.3 Å². The first-order chi connectivity index (χ1) is 12.2. The molecule has 0 fully saturated rings. The summed E-state index contributed by atoms with van der Waals surface area (Å²) >= 11 is 0. The molecule has 1 N–H and O–H groups in total. The molecule has 2 aromatic carbocycles. The topological polar surface area (TPSA) is 29.3 Å². The van der Waals surface area contributed by atoms with Crippen molar-refractivity contribution in [1.29, 1.82) is 0 Å². The molecule has 2 aromatic heterocycles. The third-order valence-electron chi connectivity index (χ3n) is 4.36. The van der Waals surface area contributed by atoms with E-state index in [0.29, 0.717) is 0 Å². The van der Waals surface area contributed by atoms with Crippen LogP contribution in [0.15, 0.2) is 72.9 Å². The molecule has 0 aliphatic heterocycles. The number of rotatable bonds is 4. The Kier molecular flexibility index (Phi) is 3.98. The number of fused-ring (bicyclic) bond motifs is 1. The van der Waals surface area contributed by atoms with E-state index < -0.39 is 0 Å². The standard InChI is InChI=1S/C22H21N3/c1-16-7-6-10-19(13-16)21-22(23-14-18-8-4-3-5-9-18)25-15-17(2)11-12-20(25)24-21/h3-13,15,23H,14H2,1-2H3. The van der Waals surface area contributed by atoms with Crippen molar-refractivity contribution in [3.05, 3.63) is 89.6 Å². The van der Waals surface area contributed by atoms with Gasteiger partial charge in [0.2, 0.25) is 0 Å². The average Bonchev–Trinajstić information content (AvgIpc) is 2.98. The minimum atomic E-state index is 0.765. The number of anilines is 1. The molecule has 0 saturated heterocycles. The Labute approximate surface area is 148 Å². The van der Waals surface area contributed by atoms with Crippen LogP contribution >= 0.6 is 0 Å². The van der Waals surface area contributed by atoms with Crippen molar-refractivity contribution < 1.29 is 0 Å². The van der Waals surface area contributed by atoms with Crippen LogP contribution in [0.3, 0.4) is 0 Å². The fourth-order valence-corrected chi connectivity index (χ4v) is 3.10. The second-order valence-corrected chi connectivity index (χ2v) is 6.45. The summed E-state index contributed by atoms with van der Waals surface area (Å²) in [6, 6.07) is 23.1. The van der Waals surface area contributed by atoms with Crippen molar-refractivity contribution in [2.45, 2.75) is 20.4 Å². The molecule has 3 nitrogen and oxygen atoms in total. The minimum absolute atomic E-state index is 0.765. The van der Waals surface area contributed by atoms with E-state index in [4.69, 9.17) is 4.98 Å². The molecule has 0 radical (unpaired) electrons. The fraction of sp³-hybridized carbons (Fsp3) is 0.136. The monoisotopic (exact) mass is 327 g/mol. The number of pyridine rings is 1. The van der Waals surface area contributed by atoms with Gasteiger partial charge < -0.3 is 5.32 Å². The van der Waals surface area contributed by atoms with Crippen LogP contribution in [0.4, 0.5) is 5.82 Å². The highest BCUT2D eigenvalue weighted by atomic mass is 15.1. The smallest absolute Gasteiger partial charge is 0.139 e. The van der Waals surface area contributed by atoms with Gasteiger partial charge in [-0.2, -0.15) is 0 Å². The van der Waals surface area contributed by atoms with E-state index in [1.165, 1.54) is 16.7 Å². The maximum absolute atomic E-state index is 4.88. The second kappa shape index (κ2) is 6.44. The van der Waals surface area contributed by atoms with Gasteiger partial charge in [0.25, 0.3) is 0 Å². The second-order valence-electron chi connectivity index (χ2n) is 6.45. The minimum Gasteiger partial charge on any atom is -0.365 e. The van der Waals surface area contributed by atoms with E-state index >= 15 is 0 Å². The molecule has 3 heteroatoms. The summed E-state index contributed by atoms with van der Waals surface area (Å²) in [6.07, 6.45) is 2.13. The number of nitrogens with zero attached hydrogens (tertiary/aromatic N) is 2. The van der Waals surface area contributed by atoms with E-state index in [0.717, 1.165) is 29.3 Å². The zero-order chi connectivity index (χ0) is 17.2. The normalized spacial score (nSPS) is 11.0. The molecule has 0 unspecified atom stereocenters. The van der Waals surface area contributed by atoms with Gasteiger partial charge in [0, 0.05) is 18.3 Å². The highest BCUT2D eigenvalue weighted by Crippen LogP contribution is 2.30. The predicted molar refractivity (Wildman–Crippen MR) is 104 cm³/mol. The van der Waals surface area contributed by atoms with Crippen LogP contribution in [0.1, 0.15) is 16.7 Å². The first kappa shape index (κ1) is 15.5. The number of imidazole rings is 1. The van der Waals surface area contributed by atoms with Gasteiger partial charge in [0.05, 0.1) is 0 Å². The summed E-state index contributed by atoms with van der Waals surface area (Å²) in [5.74, 6) is 1.04. The van der Waals surface area contributed by atoms with E-state index in [2.05, 4.69) is 90.4 Å². The Morgan fingerprint density at radius 1 is 0.880 bits per heavy atom. The predicted octanol–water partition coefficient (Wildman–Crippen LogP) is 5.23. The zero-order valence-electron chi connectivity index (χ0n) is 14.5. The molecular weight excluding hydrogens is 306 g/mol. The number of hydrogen-bond acceptors (Lipinski definition) is 2. The zero-order valence-corrected chi connectivity index (χ0v) is 14.5. The number of hydrogen-bond donors (Lipinski definition) is 1. The lowest BCUT2D eigenvalue weighted by Gasteiger charge is -2.10. The fourth-order valence-electron chi connectivity index (χ4n) is 3.10. The quantitative estimate of drug-likeness (QED) is 0.556. The SMILES string of the molecule is Cc1cccc(-c2nc3ccc(C)cn3c2NCc2ccccc2)c1. The lowest BCUT2D eigenvalue weighted by atomic mass is 10.1. The molecule has 4 rings (SSSR count). The molecule has 4 aromatic rings. The van der Waals surface area contributed by atoms with Gasteiger partial charge in [-0.3, -0.25) is 4.40 Å². The Bertz CT molecular complexity index is 1020. The molecule has 0 aliphatic carbocycles. The summed E-state index contributed by atoms with van der Waals surface area (Å²) in [4.78, 5) is 4.88. The Hall–Kier alpha value is -3.07. The van der Waals surface area contributed by atoms with Crippen LogP contribution in [0.2, 0.25) is 0 Å². The van der Waals surface area contributed by atoms with Gasteiger partial charge in [-0.15, -0.1) is 0 Å². The van der Waals surface area contributed by atoms with E-state index in [1.54, 1.807) is 0 Å². The largest absolute Gasteiger partial charge is 0.365 e. The van der Waals surface area contributed by atoms with Crippen LogP contribution in [-0.2, 0) is 6.54 Å². The number of aryl methyl sites for hydroxylation is 2. The van der Waals surface area contributed by atoms with Crippen LogP contribution in [0, 0.1) is 13.8 Å². The maximum Gasteiger partial charge on any atom is 0.139 e. The summed E-state index contributed by atoms with van der Waals surface area (Å²) < 4.78 is 2.15. The Balaban J connectivity index is 1.81. The molecule has 0 bridgehead atoms. The Morgan fingerprint density at radius 2 is 1.72 bits per heavy atom. The van der Waals surface area contributed by atoms with E-state index in [1.807, 2.05) is 6.07 Å². The first-order valence-corrected chi connectivity index (χ1v) is 8.54. The van der Waals surface area contributed by atoms with Gasteiger partial charge in [0.15, 0.2) is 0 Å².